The Kier molecular flexibility index (Phi) is 12.0. The highest BCUT2D eigenvalue weighted by Gasteiger charge is 2.46. The summed E-state index contributed by atoms with van der Waals surface area (Å²) in [6, 6.07) is 3.55. The Hall–Kier alpha value is -4.26. The minimum Gasteiger partial charge on any atom is -0.497 e. The van der Waals surface area contributed by atoms with Crippen LogP contribution in [0.25, 0.3) is 11.3 Å². The molecule has 1 saturated heterocycles. The Bertz CT molecular complexity index is 1510. The van der Waals surface area contributed by atoms with Gasteiger partial charge in [0.05, 0.1) is 26.5 Å². The number of likely N-dealkylation sites (tertiary alicyclic amines) is 1. The predicted molar refractivity (Wildman–Crippen MR) is 187 cm³/mol. The molecule has 13 heteroatoms. The molecule has 0 unspecified atom stereocenters. The summed E-state index contributed by atoms with van der Waals surface area (Å²) in [6.07, 6.45) is 4.07. The zero-order valence-corrected chi connectivity index (χ0v) is 29.8. The molecule has 2 aromatic rings. The number of carbonyl (C=O) groups is 3. The topological polar surface area (TPSA) is 154 Å². The van der Waals surface area contributed by atoms with E-state index in [0.717, 1.165) is 30.8 Å². The number of rotatable bonds is 12. The standard InChI is InChI=1S/C35H49N5O7S/c1-20(2)37-33-38-27(19-48-33)21(3)15-29(25-14-13-23(44-7)16-26(25)36)46-24-17-28(32(42)45-8)40(18-24)31(41)30(35(4,5)6)39-34(43)47-22-11-9-10-12-22/h13-16,19-20,22,24,28,30H,3,9-12,17-18,36H2,1-2,4-8H3,(H,37,38)(H,39,43)/b29-15+/t24-,28+,30-/m1/s1. The summed E-state index contributed by atoms with van der Waals surface area (Å²) in [7, 11) is 2.83. The highest BCUT2D eigenvalue weighted by atomic mass is 32.1. The Morgan fingerprint density at radius 2 is 1.83 bits per heavy atom. The van der Waals surface area contributed by atoms with Crippen molar-refractivity contribution in [2.24, 2.45) is 5.41 Å². The van der Waals surface area contributed by atoms with Crippen LogP contribution in [0.15, 0.2) is 36.2 Å². The molecule has 4 N–H and O–H groups in total. The predicted octanol–water partition coefficient (Wildman–Crippen LogP) is 5.85. The number of nitrogens with zero attached hydrogens (tertiary/aromatic N) is 2. The van der Waals surface area contributed by atoms with Crippen molar-refractivity contribution in [3.8, 4) is 5.75 Å². The number of nitrogen functional groups attached to an aromatic ring is 1. The lowest BCUT2D eigenvalue weighted by Crippen LogP contribution is -2.57. The Morgan fingerprint density at radius 3 is 2.44 bits per heavy atom. The minimum absolute atomic E-state index is 0.0591. The molecule has 48 heavy (non-hydrogen) atoms. The fourth-order valence-corrected chi connectivity index (χ4v) is 6.71. The molecule has 0 spiro atoms. The molecule has 1 aliphatic heterocycles. The van der Waals surface area contributed by atoms with Crippen LogP contribution >= 0.6 is 11.3 Å². The number of anilines is 2. The summed E-state index contributed by atoms with van der Waals surface area (Å²) < 4.78 is 22.6. The molecule has 4 rings (SSSR count). The van der Waals surface area contributed by atoms with Gasteiger partial charge < -0.3 is 40.2 Å². The lowest BCUT2D eigenvalue weighted by molar-refractivity contribution is -0.152. The number of allylic oxidation sites excluding steroid dienone is 2. The average Bonchev–Trinajstić information content (AvgIpc) is 3.80. The van der Waals surface area contributed by atoms with E-state index in [-0.39, 0.29) is 25.1 Å². The van der Waals surface area contributed by atoms with Gasteiger partial charge in [-0.3, -0.25) is 4.79 Å². The SMILES string of the molecule is C=C(/C=C(/O[C@@H]1C[C@@H](C(=O)OC)N(C(=O)[C@@H](NC(=O)OC2CCCC2)C(C)(C)C)C1)c1ccc(OC)cc1N)c1csc(NC(C)C)n1. The summed E-state index contributed by atoms with van der Waals surface area (Å²) in [5.41, 5.74) is 8.01. The number of nitrogens with two attached hydrogens (primary N) is 1. The number of nitrogens with one attached hydrogen (secondary N) is 2. The number of esters is 1. The van der Waals surface area contributed by atoms with Crippen molar-refractivity contribution in [2.75, 3.05) is 31.8 Å². The molecule has 2 heterocycles. The second-order valence-electron chi connectivity index (χ2n) is 13.6. The second-order valence-corrected chi connectivity index (χ2v) is 14.4. The van der Waals surface area contributed by atoms with Gasteiger partial charge in [0.2, 0.25) is 5.91 Å². The number of amides is 2. The zero-order valence-electron chi connectivity index (χ0n) is 29.0. The molecule has 262 valence electrons. The molecule has 0 bridgehead atoms. The van der Waals surface area contributed by atoms with Gasteiger partial charge in [-0.05, 0) is 68.7 Å². The second kappa shape index (κ2) is 15.8. The summed E-state index contributed by atoms with van der Waals surface area (Å²) in [5, 5.41) is 8.75. The molecule has 2 fully saturated rings. The van der Waals surface area contributed by atoms with E-state index < -0.39 is 41.6 Å². The molecule has 0 radical (unpaired) electrons. The molecule has 1 aromatic heterocycles. The maximum absolute atomic E-state index is 14.2. The third kappa shape index (κ3) is 9.21. The fraction of sp³-hybridized carbons (Fsp3) is 0.543. The summed E-state index contributed by atoms with van der Waals surface area (Å²) in [6.45, 7) is 13.9. The molecular weight excluding hydrogens is 634 g/mol. The molecule has 1 aromatic carbocycles. The number of thiazole rings is 1. The van der Waals surface area contributed by atoms with Crippen molar-refractivity contribution in [2.45, 2.75) is 97.1 Å². The first kappa shape index (κ1) is 36.6. The monoisotopic (exact) mass is 683 g/mol. The summed E-state index contributed by atoms with van der Waals surface area (Å²) in [4.78, 5) is 46.2. The first-order valence-electron chi connectivity index (χ1n) is 16.3. The van der Waals surface area contributed by atoms with E-state index in [1.54, 1.807) is 31.4 Å². The van der Waals surface area contributed by atoms with Crippen LogP contribution in [0.1, 0.15) is 78.0 Å². The van der Waals surface area contributed by atoms with Gasteiger partial charge in [0.25, 0.3) is 0 Å². The van der Waals surface area contributed by atoms with E-state index in [2.05, 4.69) is 22.2 Å². The van der Waals surface area contributed by atoms with Gasteiger partial charge in [0.15, 0.2) is 5.13 Å². The number of ether oxygens (including phenoxy) is 4. The van der Waals surface area contributed by atoms with Gasteiger partial charge >= 0.3 is 12.1 Å². The maximum Gasteiger partial charge on any atom is 0.408 e. The maximum atomic E-state index is 14.2. The van der Waals surface area contributed by atoms with Crippen LogP contribution < -0.4 is 21.1 Å². The first-order valence-corrected chi connectivity index (χ1v) is 17.2. The van der Waals surface area contributed by atoms with Crippen LogP contribution in [0.2, 0.25) is 0 Å². The molecule has 1 aliphatic carbocycles. The molecule has 2 amide bonds. The van der Waals surface area contributed by atoms with Crippen molar-refractivity contribution in [1.29, 1.82) is 0 Å². The average molecular weight is 684 g/mol. The van der Waals surface area contributed by atoms with Gasteiger partial charge in [0, 0.05) is 35.2 Å². The van der Waals surface area contributed by atoms with Crippen molar-refractivity contribution >= 4 is 51.5 Å². The van der Waals surface area contributed by atoms with Crippen molar-refractivity contribution in [1.82, 2.24) is 15.2 Å². The number of hydrogen-bond donors (Lipinski definition) is 3. The number of carbonyl (C=O) groups excluding carboxylic acids is 3. The molecule has 1 saturated carbocycles. The van der Waals surface area contributed by atoms with E-state index in [1.807, 2.05) is 40.0 Å². The van der Waals surface area contributed by atoms with Crippen LogP contribution in [0.5, 0.6) is 5.75 Å². The van der Waals surface area contributed by atoms with E-state index in [1.165, 1.54) is 23.3 Å². The zero-order chi connectivity index (χ0) is 35.2. The van der Waals surface area contributed by atoms with Gasteiger partial charge in [-0.1, -0.05) is 27.4 Å². The van der Waals surface area contributed by atoms with Crippen LogP contribution in [0, 0.1) is 5.41 Å². The van der Waals surface area contributed by atoms with Crippen LogP contribution in [0.3, 0.4) is 0 Å². The van der Waals surface area contributed by atoms with Crippen molar-refractivity contribution in [3.05, 3.63) is 47.5 Å². The van der Waals surface area contributed by atoms with Crippen LogP contribution in [0.4, 0.5) is 15.6 Å². The third-order valence-electron chi connectivity index (χ3n) is 8.34. The van der Waals surface area contributed by atoms with E-state index in [0.29, 0.717) is 34.0 Å². The van der Waals surface area contributed by atoms with E-state index in [4.69, 9.17) is 24.7 Å². The fourth-order valence-electron chi connectivity index (χ4n) is 5.82. The smallest absolute Gasteiger partial charge is 0.408 e. The number of benzene rings is 1. The number of aromatic nitrogens is 1. The van der Waals surface area contributed by atoms with Gasteiger partial charge in [-0.25, -0.2) is 14.6 Å². The van der Waals surface area contributed by atoms with Crippen LogP contribution in [-0.2, 0) is 23.8 Å². The summed E-state index contributed by atoms with van der Waals surface area (Å²) >= 11 is 1.47. The van der Waals surface area contributed by atoms with Gasteiger partial charge in [-0.15, -0.1) is 11.3 Å². The molecular formula is C35H49N5O7S. The normalized spacial score (nSPS) is 19.2. The van der Waals surface area contributed by atoms with Crippen molar-refractivity contribution in [3.63, 3.8) is 0 Å². The van der Waals surface area contributed by atoms with E-state index >= 15 is 0 Å². The van der Waals surface area contributed by atoms with Gasteiger partial charge in [-0.2, -0.15) is 0 Å². The highest BCUT2D eigenvalue weighted by Crippen LogP contribution is 2.35. The van der Waals surface area contributed by atoms with Crippen molar-refractivity contribution < 1.29 is 33.3 Å². The number of alkyl carbamates (subject to hydrolysis) is 1. The first-order chi connectivity index (χ1) is 22.7. The molecule has 12 nitrogen and oxygen atoms in total. The summed E-state index contributed by atoms with van der Waals surface area (Å²) in [5.74, 6) is -0.0462. The minimum atomic E-state index is -0.970. The third-order valence-corrected chi connectivity index (χ3v) is 9.11. The van der Waals surface area contributed by atoms with E-state index in [9.17, 15) is 14.4 Å². The van der Waals surface area contributed by atoms with Crippen LogP contribution in [-0.4, -0.2) is 79.0 Å². The number of hydrogen-bond acceptors (Lipinski definition) is 11. The lowest BCUT2D eigenvalue weighted by atomic mass is 9.85. The Labute approximate surface area is 287 Å². The molecule has 3 atom stereocenters. The highest BCUT2D eigenvalue weighted by molar-refractivity contribution is 7.13. The van der Waals surface area contributed by atoms with Gasteiger partial charge in [0.1, 0.15) is 35.8 Å². The Balaban J connectivity index is 1.62. The Morgan fingerprint density at radius 1 is 1.12 bits per heavy atom. The molecule has 2 aliphatic rings. The quantitative estimate of drug-likeness (QED) is 0.107. The lowest BCUT2D eigenvalue weighted by Gasteiger charge is -2.35. The number of methoxy groups -OCH3 is 2. The largest absolute Gasteiger partial charge is 0.497 e.